The van der Waals surface area contributed by atoms with Gasteiger partial charge in [-0.3, -0.25) is 0 Å². The van der Waals surface area contributed by atoms with E-state index in [0.29, 0.717) is 6.42 Å². The Labute approximate surface area is 93.4 Å². The van der Waals surface area contributed by atoms with Crippen molar-refractivity contribution in [3.63, 3.8) is 0 Å². The van der Waals surface area contributed by atoms with Crippen molar-refractivity contribution in [2.45, 2.75) is 65.1 Å². The fourth-order valence-corrected chi connectivity index (χ4v) is 1.30. The van der Waals surface area contributed by atoms with Gasteiger partial charge in [-0.05, 0) is 12.3 Å². The number of hydrogen-bond donors (Lipinski definition) is 1. The molecular formula is C12H26O. The van der Waals surface area contributed by atoms with Crippen LogP contribution in [-0.4, -0.2) is 11.7 Å². The quantitative estimate of drug-likeness (QED) is 0.553. The van der Waals surface area contributed by atoms with Gasteiger partial charge in [-0.15, -0.1) is 0 Å². The Morgan fingerprint density at radius 3 is 2.08 bits per heavy atom. The molecule has 0 saturated heterocycles. The Morgan fingerprint density at radius 1 is 1.00 bits per heavy atom. The first-order valence-electron chi connectivity index (χ1n) is 8.67. The van der Waals surface area contributed by atoms with Crippen molar-refractivity contribution in [3.05, 3.63) is 0 Å². The normalized spacial score (nSPS) is 21.8. The summed E-state index contributed by atoms with van der Waals surface area (Å²) in [5.41, 5.74) is 0. The van der Waals surface area contributed by atoms with Crippen LogP contribution in [0.4, 0.5) is 0 Å². The van der Waals surface area contributed by atoms with Gasteiger partial charge < -0.3 is 5.11 Å². The standard InChI is InChI=1S/C12H26O/c1-12(2)10-8-6-4-3-5-7-9-11-13/h12-13H,3-11H2,1-2H3/i1D3,2D3,12D. The first-order chi connectivity index (χ1) is 9.06. The molecule has 0 rings (SSSR count). The summed E-state index contributed by atoms with van der Waals surface area (Å²) in [5.74, 6) is -2.36. The zero-order chi connectivity index (χ0) is 15.9. The van der Waals surface area contributed by atoms with Crippen molar-refractivity contribution >= 4 is 0 Å². The van der Waals surface area contributed by atoms with Crippen LogP contribution in [0.3, 0.4) is 0 Å². The van der Waals surface area contributed by atoms with Gasteiger partial charge in [0.2, 0.25) is 0 Å². The number of unbranched alkanes of at least 4 members (excludes halogenated alkanes) is 6. The lowest BCUT2D eigenvalue weighted by Gasteiger charge is -2.03. The van der Waals surface area contributed by atoms with E-state index >= 15 is 0 Å². The van der Waals surface area contributed by atoms with E-state index in [0.717, 1.165) is 38.5 Å². The van der Waals surface area contributed by atoms with Crippen LogP contribution < -0.4 is 0 Å². The third-order valence-electron chi connectivity index (χ3n) is 2.08. The zero-order valence-electron chi connectivity index (χ0n) is 15.3. The molecule has 1 nitrogen and oxygen atoms in total. The van der Waals surface area contributed by atoms with Gasteiger partial charge in [-0.25, -0.2) is 0 Å². The highest BCUT2D eigenvalue weighted by Crippen LogP contribution is 2.11. The summed E-state index contributed by atoms with van der Waals surface area (Å²) in [6.07, 6.45) is 5.75. The Morgan fingerprint density at radius 2 is 1.54 bits per heavy atom. The van der Waals surface area contributed by atoms with E-state index in [1.165, 1.54) is 0 Å². The zero-order valence-corrected chi connectivity index (χ0v) is 8.31. The van der Waals surface area contributed by atoms with Crippen molar-refractivity contribution in [2.24, 2.45) is 5.89 Å². The Hall–Kier alpha value is -0.0400. The van der Waals surface area contributed by atoms with E-state index in [4.69, 9.17) is 14.7 Å². The predicted molar refractivity (Wildman–Crippen MR) is 58.9 cm³/mol. The number of hydrogen-bond acceptors (Lipinski definition) is 1. The lowest BCUT2D eigenvalue weighted by molar-refractivity contribution is 0.282. The van der Waals surface area contributed by atoms with Crippen LogP contribution in [0.1, 0.15) is 74.7 Å². The first kappa shape index (κ1) is 5.16. The lowest BCUT2D eigenvalue weighted by atomic mass is 10.0. The summed E-state index contributed by atoms with van der Waals surface area (Å²) >= 11 is 0. The SMILES string of the molecule is [2H]C([2H])([2H])C([2H])(CCCCCCCCCO)C([2H])([2H])[2H]. The number of aliphatic hydroxyl groups excluding tert-OH is 1. The van der Waals surface area contributed by atoms with E-state index in [2.05, 4.69) is 0 Å². The summed E-state index contributed by atoms with van der Waals surface area (Å²) in [7, 11) is 0. The highest BCUT2D eigenvalue weighted by atomic mass is 16.2. The van der Waals surface area contributed by atoms with Gasteiger partial charge >= 0.3 is 0 Å². The Balaban J connectivity index is 4.07. The molecule has 0 spiro atoms. The summed E-state index contributed by atoms with van der Waals surface area (Å²) in [5, 5.41) is 8.62. The van der Waals surface area contributed by atoms with Crippen LogP contribution >= 0.6 is 0 Å². The van der Waals surface area contributed by atoms with Gasteiger partial charge in [0.15, 0.2) is 0 Å². The van der Waals surface area contributed by atoms with Crippen LogP contribution in [0.25, 0.3) is 0 Å². The molecule has 0 heterocycles. The van der Waals surface area contributed by atoms with Crippen LogP contribution in [0.2, 0.25) is 0 Å². The second kappa shape index (κ2) is 10.0. The Kier molecular flexibility index (Phi) is 3.98. The molecule has 0 amide bonds. The molecule has 1 heteroatoms. The van der Waals surface area contributed by atoms with E-state index in [1.807, 2.05) is 0 Å². The van der Waals surface area contributed by atoms with Gasteiger partial charge in [0.1, 0.15) is 0 Å². The molecule has 0 radical (unpaired) electrons. The van der Waals surface area contributed by atoms with E-state index in [9.17, 15) is 0 Å². The van der Waals surface area contributed by atoms with Gasteiger partial charge in [-0.1, -0.05) is 58.6 Å². The molecule has 0 aromatic carbocycles. The third-order valence-corrected chi connectivity index (χ3v) is 2.08. The number of aliphatic hydroxyl groups is 1. The summed E-state index contributed by atoms with van der Waals surface area (Å²) in [4.78, 5) is 0. The molecule has 0 aliphatic heterocycles. The topological polar surface area (TPSA) is 20.2 Å². The molecule has 0 bridgehead atoms. The summed E-state index contributed by atoms with van der Waals surface area (Å²) in [6, 6.07) is 0. The molecule has 0 aliphatic rings. The van der Waals surface area contributed by atoms with Crippen molar-refractivity contribution < 1.29 is 14.7 Å². The molecule has 0 fully saturated rings. The van der Waals surface area contributed by atoms with E-state index in [1.54, 1.807) is 0 Å². The van der Waals surface area contributed by atoms with Crippen LogP contribution in [0.15, 0.2) is 0 Å². The Bertz CT molecular complexity index is 246. The van der Waals surface area contributed by atoms with E-state index < -0.39 is 19.6 Å². The first-order valence-corrected chi connectivity index (χ1v) is 5.17. The highest BCUT2D eigenvalue weighted by molar-refractivity contribution is 4.48. The number of rotatable bonds is 9. The third kappa shape index (κ3) is 12.0. The maximum atomic E-state index is 8.62. The largest absolute Gasteiger partial charge is 0.396 e. The van der Waals surface area contributed by atoms with Crippen molar-refractivity contribution in [2.75, 3.05) is 6.61 Å². The van der Waals surface area contributed by atoms with Crippen molar-refractivity contribution in [1.82, 2.24) is 0 Å². The van der Waals surface area contributed by atoms with Gasteiger partial charge in [0.05, 0.1) is 0 Å². The van der Waals surface area contributed by atoms with Gasteiger partial charge in [0.25, 0.3) is 0 Å². The molecule has 0 unspecified atom stereocenters. The monoisotopic (exact) mass is 193 g/mol. The second-order valence-corrected chi connectivity index (χ2v) is 3.43. The second-order valence-electron chi connectivity index (χ2n) is 3.43. The molecule has 0 atom stereocenters. The molecular weight excluding hydrogens is 160 g/mol. The minimum Gasteiger partial charge on any atom is -0.396 e. The molecule has 0 aromatic rings. The van der Waals surface area contributed by atoms with Crippen molar-refractivity contribution in [3.8, 4) is 0 Å². The van der Waals surface area contributed by atoms with Crippen molar-refractivity contribution in [1.29, 1.82) is 0 Å². The molecule has 0 saturated carbocycles. The molecule has 0 aromatic heterocycles. The van der Waals surface area contributed by atoms with Crippen LogP contribution in [0, 0.1) is 5.89 Å². The molecule has 80 valence electrons. The maximum Gasteiger partial charge on any atom is 0.0431 e. The molecule has 1 N–H and O–H groups in total. The summed E-state index contributed by atoms with van der Waals surface area (Å²) in [6.45, 7) is -5.38. The maximum absolute atomic E-state index is 8.62. The average Bonchev–Trinajstić information content (AvgIpc) is 2.29. The minimum absolute atomic E-state index is 0.128. The highest BCUT2D eigenvalue weighted by Gasteiger charge is 1.94. The van der Waals surface area contributed by atoms with Gasteiger partial charge in [-0.2, -0.15) is 0 Å². The van der Waals surface area contributed by atoms with E-state index in [-0.39, 0.29) is 13.0 Å². The minimum atomic E-state index is -2.79. The smallest absolute Gasteiger partial charge is 0.0431 e. The van der Waals surface area contributed by atoms with Crippen LogP contribution in [0.5, 0.6) is 0 Å². The fraction of sp³-hybridized carbons (Fsp3) is 1.00. The lowest BCUT2D eigenvalue weighted by Crippen LogP contribution is -1.87. The predicted octanol–water partition coefficient (Wildman–Crippen LogP) is 3.76. The molecule has 0 aliphatic carbocycles. The van der Waals surface area contributed by atoms with Gasteiger partial charge in [0, 0.05) is 16.2 Å². The average molecular weight is 193 g/mol. The van der Waals surface area contributed by atoms with Crippen LogP contribution in [-0.2, 0) is 0 Å². The summed E-state index contributed by atoms with van der Waals surface area (Å²) < 4.78 is 51.6. The fourth-order valence-electron chi connectivity index (χ4n) is 1.30. The molecule has 13 heavy (non-hydrogen) atoms.